The molecular formula is C18H27FN2O3. The fourth-order valence-corrected chi connectivity index (χ4v) is 2.47. The van der Waals surface area contributed by atoms with Gasteiger partial charge in [0, 0.05) is 19.3 Å². The zero-order valence-electron chi connectivity index (χ0n) is 14.6. The zero-order chi connectivity index (χ0) is 17.6. The van der Waals surface area contributed by atoms with Crippen LogP contribution in [0.3, 0.4) is 0 Å². The quantitative estimate of drug-likeness (QED) is 0.867. The average Bonchev–Trinajstić information content (AvgIpc) is 2.52. The summed E-state index contributed by atoms with van der Waals surface area (Å²) >= 11 is 0. The maximum Gasteiger partial charge on any atom is 0.315 e. The van der Waals surface area contributed by atoms with Crippen molar-refractivity contribution in [3.8, 4) is 5.75 Å². The molecule has 1 atom stereocenters. The fourth-order valence-electron chi connectivity index (χ4n) is 2.47. The van der Waals surface area contributed by atoms with Gasteiger partial charge in [0.1, 0.15) is 6.61 Å². The van der Waals surface area contributed by atoms with Crippen molar-refractivity contribution in [2.45, 2.75) is 45.7 Å². The summed E-state index contributed by atoms with van der Waals surface area (Å²) in [6.07, 6.45) is 1.64. The van der Waals surface area contributed by atoms with Crippen molar-refractivity contribution in [1.29, 1.82) is 0 Å². The Morgan fingerprint density at radius 1 is 1.33 bits per heavy atom. The van der Waals surface area contributed by atoms with Gasteiger partial charge in [-0.2, -0.15) is 0 Å². The van der Waals surface area contributed by atoms with Crippen LogP contribution in [0.1, 0.15) is 33.6 Å². The number of para-hydroxylation sites is 1. The maximum atomic E-state index is 13.7. The summed E-state index contributed by atoms with van der Waals surface area (Å²) in [5.74, 6) is -0.213. The predicted molar refractivity (Wildman–Crippen MR) is 90.6 cm³/mol. The molecule has 0 saturated carbocycles. The Balaban J connectivity index is 1.90. The number of carbonyl (C=O) groups excluding carboxylic acids is 1. The minimum absolute atomic E-state index is 0.131. The second kappa shape index (κ2) is 8.33. The second-order valence-electron chi connectivity index (χ2n) is 7.16. The van der Waals surface area contributed by atoms with Gasteiger partial charge in [0.25, 0.3) is 0 Å². The van der Waals surface area contributed by atoms with Crippen LogP contribution in [0.2, 0.25) is 0 Å². The molecule has 0 bridgehead atoms. The molecule has 0 spiro atoms. The molecule has 1 aromatic rings. The van der Waals surface area contributed by atoms with Gasteiger partial charge in [-0.3, -0.25) is 0 Å². The SMILES string of the molecule is CC(C)(C)[C@H](COc1ccccc1F)NC(=O)NC1CCOCC1. The molecule has 0 unspecified atom stereocenters. The number of benzene rings is 1. The number of nitrogens with one attached hydrogen (secondary N) is 2. The molecule has 1 aromatic carbocycles. The lowest BCUT2D eigenvalue weighted by molar-refractivity contribution is 0.0793. The van der Waals surface area contributed by atoms with Crippen LogP contribution in [-0.2, 0) is 4.74 Å². The van der Waals surface area contributed by atoms with Gasteiger partial charge in [-0.05, 0) is 30.4 Å². The molecule has 0 radical (unpaired) electrons. The van der Waals surface area contributed by atoms with Gasteiger partial charge < -0.3 is 20.1 Å². The van der Waals surface area contributed by atoms with Crippen LogP contribution in [-0.4, -0.2) is 37.9 Å². The predicted octanol–water partition coefficient (Wildman–Crippen LogP) is 3.10. The molecule has 1 aliphatic rings. The third-order valence-corrected chi connectivity index (χ3v) is 4.15. The molecule has 2 rings (SSSR count). The molecule has 24 heavy (non-hydrogen) atoms. The molecule has 0 aromatic heterocycles. The van der Waals surface area contributed by atoms with Crippen LogP contribution >= 0.6 is 0 Å². The third kappa shape index (κ3) is 5.67. The Bertz CT molecular complexity index is 539. The zero-order valence-corrected chi connectivity index (χ0v) is 14.6. The number of hydrogen-bond acceptors (Lipinski definition) is 3. The minimum atomic E-state index is -0.406. The van der Waals surface area contributed by atoms with Crippen LogP contribution in [0.25, 0.3) is 0 Å². The lowest BCUT2D eigenvalue weighted by Gasteiger charge is -2.32. The van der Waals surface area contributed by atoms with Crippen molar-refractivity contribution in [2.24, 2.45) is 5.41 Å². The smallest absolute Gasteiger partial charge is 0.315 e. The number of urea groups is 1. The van der Waals surface area contributed by atoms with E-state index in [9.17, 15) is 9.18 Å². The van der Waals surface area contributed by atoms with Crippen molar-refractivity contribution in [2.75, 3.05) is 19.8 Å². The molecule has 1 saturated heterocycles. The van der Waals surface area contributed by atoms with Gasteiger partial charge >= 0.3 is 6.03 Å². The van der Waals surface area contributed by atoms with E-state index >= 15 is 0 Å². The molecule has 0 aliphatic carbocycles. The summed E-state index contributed by atoms with van der Waals surface area (Å²) in [7, 11) is 0. The van der Waals surface area contributed by atoms with Crippen LogP contribution in [0.4, 0.5) is 9.18 Å². The number of amides is 2. The lowest BCUT2D eigenvalue weighted by Crippen LogP contribution is -2.53. The first-order valence-electron chi connectivity index (χ1n) is 8.38. The normalized spacial score (nSPS) is 17.2. The number of carbonyl (C=O) groups is 1. The Morgan fingerprint density at radius 2 is 2.00 bits per heavy atom. The molecule has 1 fully saturated rings. The van der Waals surface area contributed by atoms with E-state index in [4.69, 9.17) is 9.47 Å². The van der Waals surface area contributed by atoms with Crippen LogP contribution in [0.5, 0.6) is 5.75 Å². The highest BCUT2D eigenvalue weighted by molar-refractivity contribution is 5.74. The first-order valence-corrected chi connectivity index (χ1v) is 8.38. The van der Waals surface area contributed by atoms with Crippen molar-refractivity contribution in [3.05, 3.63) is 30.1 Å². The standard InChI is InChI=1S/C18H27FN2O3/c1-18(2,3)16(12-24-15-7-5-4-6-14(15)19)21-17(22)20-13-8-10-23-11-9-13/h4-7,13,16H,8-12H2,1-3H3,(H2,20,21,22)/t16-/m0/s1. The van der Waals surface area contributed by atoms with Gasteiger partial charge in [-0.15, -0.1) is 0 Å². The molecule has 1 aliphatic heterocycles. The first-order chi connectivity index (χ1) is 11.4. The van der Waals surface area contributed by atoms with Crippen molar-refractivity contribution >= 4 is 6.03 Å². The Hall–Kier alpha value is -1.82. The van der Waals surface area contributed by atoms with E-state index in [2.05, 4.69) is 10.6 Å². The summed E-state index contributed by atoms with van der Waals surface area (Å²) in [5.41, 5.74) is -0.224. The Labute approximate surface area is 142 Å². The van der Waals surface area contributed by atoms with Gasteiger partial charge in [-0.25, -0.2) is 9.18 Å². The largest absolute Gasteiger partial charge is 0.488 e. The Kier molecular flexibility index (Phi) is 6.43. The van der Waals surface area contributed by atoms with E-state index in [-0.39, 0.29) is 35.9 Å². The third-order valence-electron chi connectivity index (χ3n) is 4.15. The van der Waals surface area contributed by atoms with Gasteiger partial charge in [-0.1, -0.05) is 32.9 Å². The fraction of sp³-hybridized carbons (Fsp3) is 0.611. The summed E-state index contributed by atoms with van der Waals surface area (Å²) in [5, 5.41) is 5.93. The highest BCUT2D eigenvalue weighted by Crippen LogP contribution is 2.22. The first kappa shape index (κ1) is 18.5. The van der Waals surface area contributed by atoms with E-state index < -0.39 is 5.82 Å². The van der Waals surface area contributed by atoms with E-state index in [1.54, 1.807) is 18.2 Å². The maximum absolute atomic E-state index is 13.7. The number of halogens is 1. The van der Waals surface area contributed by atoms with E-state index in [0.717, 1.165) is 12.8 Å². The second-order valence-corrected chi connectivity index (χ2v) is 7.16. The van der Waals surface area contributed by atoms with Crippen molar-refractivity contribution in [3.63, 3.8) is 0 Å². The monoisotopic (exact) mass is 338 g/mol. The lowest BCUT2D eigenvalue weighted by atomic mass is 9.87. The molecule has 2 N–H and O–H groups in total. The number of rotatable bonds is 5. The molecule has 2 amide bonds. The average molecular weight is 338 g/mol. The Morgan fingerprint density at radius 3 is 2.62 bits per heavy atom. The molecule has 134 valence electrons. The van der Waals surface area contributed by atoms with Gasteiger partial charge in [0.05, 0.1) is 6.04 Å². The van der Waals surface area contributed by atoms with Crippen LogP contribution in [0, 0.1) is 11.2 Å². The number of hydrogen-bond donors (Lipinski definition) is 2. The van der Waals surface area contributed by atoms with Crippen molar-refractivity contribution < 1.29 is 18.7 Å². The van der Waals surface area contributed by atoms with Gasteiger partial charge in [0.2, 0.25) is 0 Å². The highest BCUT2D eigenvalue weighted by Gasteiger charge is 2.28. The molecule has 1 heterocycles. The number of ether oxygens (including phenoxy) is 2. The summed E-state index contributed by atoms with van der Waals surface area (Å²) in [4.78, 5) is 12.3. The summed E-state index contributed by atoms with van der Waals surface area (Å²) < 4.78 is 24.5. The van der Waals surface area contributed by atoms with Crippen molar-refractivity contribution in [1.82, 2.24) is 10.6 Å². The molecule has 6 heteroatoms. The van der Waals surface area contributed by atoms with Gasteiger partial charge in [0.15, 0.2) is 11.6 Å². The topological polar surface area (TPSA) is 59.6 Å². The minimum Gasteiger partial charge on any atom is -0.488 e. The van der Waals surface area contributed by atoms with E-state index in [1.807, 2.05) is 20.8 Å². The summed E-state index contributed by atoms with van der Waals surface area (Å²) in [6.45, 7) is 7.57. The van der Waals surface area contributed by atoms with Crippen LogP contribution < -0.4 is 15.4 Å². The highest BCUT2D eigenvalue weighted by atomic mass is 19.1. The molecular weight excluding hydrogens is 311 g/mol. The summed E-state index contributed by atoms with van der Waals surface area (Å²) in [6, 6.07) is 5.92. The van der Waals surface area contributed by atoms with Crippen LogP contribution in [0.15, 0.2) is 24.3 Å². The van der Waals surface area contributed by atoms with E-state index in [1.165, 1.54) is 6.07 Å². The van der Waals surface area contributed by atoms with E-state index in [0.29, 0.717) is 13.2 Å². The molecule has 5 nitrogen and oxygen atoms in total.